The van der Waals surface area contributed by atoms with E-state index in [1.54, 1.807) is 6.92 Å². The molecule has 0 aromatic heterocycles. The fourth-order valence-electron chi connectivity index (χ4n) is 2.90. The van der Waals surface area contributed by atoms with E-state index in [2.05, 4.69) is 5.48 Å². The lowest BCUT2D eigenvalue weighted by molar-refractivity contribution is -0.269. The maximum absolute atomic E-state index is 14.0. The van der Waals surface area contributed by atoms with Gasteiger partial charge in [-0.3, -0.25) is 20.3 Å². The Labute approximate surface area is 167 Å². The summed E-state index contributed by atoms with van der Waals surface area (Å²) < 4.78 is 41.9. The molecular formula is C18H13Cl2F3N2O3. The first-order valence-electron chi connectivity index (χ1n) is 7.83. The topological polar surface area (TPSA) is 70.6 Å². The summed E-state index contributed by atoms with van der Waals surface area (Å²) in [7, 11) is 0. The van der Waals surface area contributed by atoms with Gasteiger partial charge in [0.05, 0.1) is 5.70 Å². The third-order valence-corrected chi connectivity index (χ3v) is 4.70. The van der Waals surface area contributed by atoms with Gasteiger partial charge in [-0.05, 0) is 54.5 Å². The molecule has 2 aromatic carbocycles. The van der Waals surface area contributed by atoms with E-state index in [-0.39, 0.29) is 26.9 Å². The molecular weight excluding hydrogens is 420 g/mol. The number of carbonyl (C=O) groups excluding carboxylic acids is 1. The van der Waals surface area contributed by atoms with Crippen LogP contribution in [0.25, 0.3) is 5.70 Å². The molecule has 0 spiro atoms. The van der Waals surface area contributed by atoms with Crippen molar-refractivity contribution in [1.82, 2.24) is 11.0 Å². The van der Waals surface area contributed by atoms with Gasteiger partial charge in [-0.15, -0.1) is 0 Å². The van der Waals surface area contributed by atoms with Gasteiger partial charge in [0.15, 0.2) is 0 Å². The summed E-state index contributed by atoms with van der Waals surface area (Å²) >= 11 is 11.7. The molecule has 1 unspecified atom stereocenters. The van der Waals surface area contributed by atoms with E-state index in [0.717, 1.165) is 18.2 Å². The smallest absolute Gasteiger partial charge is 0.288 e. The third kappa shape index (κ3) is 3.56. The Morgan fingerprint density at radius 3 is 2.36 bits per heavy atom. The average Bonchev–Trinajstić information content (AvgIpc) is 3.07. The highest BCUT2D eigenvalue weighted by molar-refractivity contribution is 6.34. The van der Waals surface area contributed by atoms with Crippen LogP contribution in [0.2, 0.25) is 10.0 Å². The maximum Gasteiger partial charge on any atom is 0.428 e. The highest BCUT2D eigenvalue weighted by Gasteiger charge is 2.59. The quantitative estimate of drug-likeness (QED) is 0.483. The normalized spacial score (nSPS) is 19.2. The second kappa shape index (κ2) is 7.29. The Morgan fingerprint density at radius 1 is 1.18 bits per heavy atom. The molecule has 28 heavy (non-hydrogen) atoms. The Morgan fingerprint density at radius 2 is 1.82 bits per heavy atom. The summed E-state index contributed by atoms with van der Waals surface area (Å²) in [4.78, 5) is 16.6. The first-order chi connectivity index (χ1) is 13.1. The van der Waals surface area contributed by atoms with E-state index in [0.29, 0.717) is 11.1 Å². The number of hydrogen-bond donors (Lipinski definition) is 3. The molecule has 1 heterocycles. The van der Waals surface area contributed by atoms with Crippen molar-refractivity contribution in [2.75, 3.05) is 0 Å². The highest BCUT2D eigenvalue weighted by Crippen LogP contribution is 2.48. The number of carbonyl (C=O) groups is 1. The van der Waals surface area contributed by atoms with Crippen molar-refractivity contribution >= 4 is 34.8 Å². The lowest BCUT2D eigenvalue weighted by Gasteiger charge is -2.28. The van der Waals surface area contributed by atoms with Gasteiger partial charge >= 0.3 is 6.18 Å². The number of aryl methyl sites for hydroxylation is 1. The Bertz CT molecular complexity index is 959. The van der Waals surface area contributed by atoms with Crippen molar-refractivity contribution in [2.24, 2.45) is 0 Å². The number of hydrogen-bond acceptors (Lipinski definition) is 4. The second-order valence-electron chi connectivity index (χ2n) is 6.12. The zero-order chi connectivity index (χ0) is 20.7. The number of amides is 1. The molecule has 10 heteroatoms. The maximum atomic E-state index is 14.0. The van der Waals surface area contributed by atoms with E-state index < -0.39 is 17.7 Å². The molecule has 0 aliphatic carbocycles. The van der Waals surface area contributed by atoms with Crippen LogP contribution >= 0.6 is 23.2 Å². The second-order valence-corrected chi connectivity index (χ2v) is 7.00. The summed E-state index contributed by atoms with van der Waals surface area (Å²) in [5.41, 5.74) is 1.75. The number of hydroxylamine groups is 2. The summed E-state index contributed by atoms with van der Waals surface area (Å²) in [6.45, 7) is 1.58. The number of benzene rings is 2. The molecule has 0 saturated carbocycles. The lowest BCUT2D eigenvalue weighted by Crippen LogP contribution is -2.42. The Balaban J connectivity index is 2.10. The molecule has 1 atom stereocenters. The van der Waals surface area contributed by atoms with Gasteiger partial charge in [-0.2, -0.15) is 13.2 Å². The zero-order valence-corrected chi connectivity index (χ0v) is 15.7. The Kier molecular flexibility index (Phi) is 5.33. The minimum absolute atomic E-state index is 0.0341. The van der Waals surface area contributed by atoms with Crippen molar-refractivity contribution in [3.05, 3.63) is 74.8 Å². The lowest BCUT2D eigenvalue weighted by atomic mass is 9.91. The minimum Gasteiger partial charge on any atom is -0.288 e. The van der Waals surface area contributed by atoms with Gasteiger partial charge in [-0.1, -0.05) is 29.3 Å². The van der Waals surface area contributed by atoms with E-state index in [1.807, 2.05) is 0 Å². The van der Waals surface area contributed by atoms with E-state index >= 15 is 0 Å². The first-order valence-corrected chi connectivity index (χ1v) is 8.58. The van der Waals surface area contributed by atoms with Crippen molar-refractivity contribution in [2.45, 2.75) is 18.7 Å². The molecule has 1 amide bonds. The van der Waals surface area contributed by atoms with Gasteiger partial charge in [0.25, 0.3) is 5.91 Å². The standard InChI is InChI=1S/C18H13Cl2F3N2O3/c1-9-4-10(2-3-14(9)16(26)24-27)15-8-17(28-25-15,18(21,22)23)11-5-12(19)7-13(20)6-11/h2-8,25,27H,1H3,(H,24,26). The van der Waals surface area contributed by atoms with Gasteiger partial charge < -0.3 is 0 Å². The van der Waals surface area contributed by atoms with Crippen LogP contribution in [-0.4, -0.2) is 17.3 Å². The predicted molar refractivity (Wildman–Crippen MR) is 96.8 cm³/mol. The van der Waals surface area contributed by atoms with Crippen LogP contribution in [0.3, 0.4) is 0 Å². The molecule has 5 nitrogen and oxygen atoms in total. The SMILES string of the molecule is Cc1cc(C2=CC(c3cc(Cl)cc(Cl)c3)(C(F)(F)F)ON2)ccc1C(=O)NO. The molecule has 3 N–H and O–H groups in total. The van der Waals surface area contributed by atoms with Crippen LogP contribution in [0.15, 0.2) is 42.5 Å². The average molecular weight is 433 g/mol. The van der Waals surface area contributed by atoms with Crippen molar-refractivity contribution in [1.29, 1.82) is 0 Å². The number of halogens is 5. The largest absolute Gasteiger partial charge is 0.428 e. The summed E-state index contributed by atoms with van der Waals surface area (Å²) in [5, 5.41) is 8.80. The molecule has 148 valence electrons. The molecule has 0 fully saturated rings. The van der Waals surface area contributed by atoms with E-state index in [9.17, 15) is 18.0 Å². The molecule has 1 aliphatic rings. The Hall–Kier alpha value is -2.26. The van der Waals surface area contributed by atoms with Crippen molar-refractivity contribution in [3.63, 3.8) is 0 Å². The van der Waals surface area contributed by atoms with Crippen molar-refractivity contribution in [3.8, 4) is 0 Å². The predicted octanol–water partition coefficient (Wildman–Crippen LogP) is 4.75. The fourth-order valence-corrected chi connectivity index (χ4v) is 3.43. The van der Waals surface area contributed by atoms with Crippen LogP contribution < -0.4 is 11.0 Å². The summed E-state index contributed by atoms with van der Waals surface area (Å²) in [5.74, 6) is -0.730. The van der Waals surface area contributed by atoms with Crippen LogP contribution in [0.1, 0.15) is 27.0 Å². The highest BCUT2D eigenvalue weighted by atomic mass is 35.5. The monoisotopic (exact) mass is 432 g/mol. The summed E-state index contributed by atoms with van der Waals surface area (Å²) in [6.07, 6.45) is -3.93. The van der Waals surface area contributed by atoms with Crippen LogP contribution in [0.5, 0.6) is 0 Å². The van der Waals surface area contributed by atoms with E-state index in [4.69, 9.17) is 33.2 Å². The molecule has 3 rings (SSSR count). The molecule has 1 aliphatic heterocycles. The number of alkyl halides is 3. The fraction of sp³-hybridized carbons (Fsp3) is 0.167. The van der Waals surface area contributed by atoms with Gasteiger partial charge in [0.2, 0.25) is 5.60 Å². The van der Waals surface area contributed by atoms with Crippen LogP contribution in [-0.2, 0) is 10.4 Å². The van der Waals surface area contributed by atoms with Crippen LogP contribution in [0, 0.1) is 6.92 Å². The van der Waals surface area contributed by atoms with Crippen LogP contribution in [0.4, 0.5) is 13.2 Å². The van der Waals surface area contributed by atoms with Gasteiger partial charge in [0, 0.05) is 21.2 Å². The number of rotatable bonds is 3. The third-order valence-electron chi connectivity index (χ3n) is 4.27. The molecule has 0 bridgehead atoms. The summed E-state index contributed by atoms with van der Waals surface area (Å²) in [6, 6.07) is 7.87. The minimum atomic E-state index is -4.82. The van der Waals surface area contributed by atoms with Gasteiger partial charge in [0.1, 0.15) is 0 Å². The van der Waals surface area contributed by atoms with Crippen molar-refractivity contribution < 1.29 is 28.0 Å². The number of nitrogens with one attached hydrogen (secondary N) is 2. The first kappa shape index (κ1) is 20.5. The van der Waals surface area contributed by atoms with E-state index in [1.165, 1.54) is 29.7 Å². The molecule has 0 saturated heterocycles. The molecule has 2 aromatic rings. The molecule has 0 radical (unpaired) electrons. The zero-order valence-electron chi connectivity index (χ0n) is 14.2. The van der Waals surface area contributed by atoms with Gasteiger partial charge in [-0.25, -0.2) is 5.48 Å².